The SMILES string of the molecule is COc1cc(C=Nn2c(C(C)C)nc3ccc(Br)cc3c2=O)ccc1OCc1ccc(C)cc1. The van der Waals surface area contributed by atoms with Crippen LogP contribution in [-0.4, -0.2) is 23.0 Å². The van der Waals surface area contributed by atoms with E-state index in [0.29, 0.717) is 34.8 Å². The van der Waals surface area contributed by atoms with Gasteiger partial charge in [0, 0.05) is 10.4 Å². The predicted molar refractivity (Wildman–Crippen MR) is 139 cm³/mol. The lowest BCUT2D eigenvalue weighted by Crippen LogP contribution is -2.23. The molecule has 0 bridgehead atoms. The van der Waals surface area contributed by atoms with Crippen LogP contribution in [0.1, 0.15) is 42.3 Å². The quantitative estimate of drug-likeness (QED) is 0.278. The van der Waals surface area contributed by atoms with Gasteiger partial charge in [0.25, 0.3) is 5.56 Å². The number of hydrogen-bond donors (Lipinski definition) is 0. The molecule has 4 aromatic rings. The van der Waals surface area contributed by atoms with Crippen molar-refractivity contribution in [3.63, 3.8) is 0 Å². The normalized spacial score (nSPS) is 11.5. The first-order valence-electron chi connectivity index (χ1n) is 11.0. The first kappa shape index (κ1) is 23.7. The number of aryl methyl sites for hydroxylation is 1. The van der Waals surface area contributed by atoms with Crippen LogP contribution in [0.25, 0.3) is 10.9 Å². The summed E-state index contributed by atoms with van der Waals surface area (Å²) in [5.41, 5.74) is 3.50. The van der Waals surface area contributed by atoms with Crippen molar-refractivity contribution in [1.82, 2.24) is 9.66 Å². The molecule has 0 saturated carbocycles. The monoisotopic (exact) mass is 519 g/mol. The molecule has 0 N–H and O–H groups in total. The molecule has 0 aliphatic carbocycles. The van der Waals surface area contributed by atoms with Gasteiger partial charge in [0.1, 0.15) is 12.4 Å². The Balaban J connectivity index is 1.63. The van der Waals surface area contributed by atoms with E-state index in [4.69, 9.17) is 9.47 Å². The molecular weight excluding hydrogens is 494 g/mol. The van der Waals surface area contributed by atoms with Crippen LogP contribution in [0.4, 0.5) is 0 Å². The molecule has 0 unspecified atom stereocenters. The zero-order chi connectivity index (χ0) is 24.2. The molecule has 0 aliphatic rings. The van der Waals surface area contributed by atoms with Crippen LogP contribution < -0.4 is 15.0 Å². The van der Waals surface area contributed by atoms with E-state index in [1.54, 1.807) is 19.4 Å². The summed E-state index contributed by atoms with van der Waals surface area (Å²) in [5.74, 6) is 1.84. The Morgan fingerprint density at radius 1 is 1.06 bits per heavy atom. The van der Waals surface area contributed by atoms with E-state index in [1.807, 2.05) is 56.3 Å². The Bertz CT molecular complexity index is 1410. The van der Waals surface area contributed by atoms with Gasteiger partial charge >= 0.3 is 0 Å². The molecule has 174 valence electrons. The number of nitrogens with zero attached hydrogens (tertiary/aromatic N) is 3. The molecule has 0 radical (unpaired) electrons. The molecule has 1 heterocycles. The number of aromatic nitrogens is 2. The van der Waals surface area contributed by atoms with Gasteiger partial charge in [-0.3, -0.25) is 4.79 Å². The molecular formula is C27H26BrN3O3. The lowest BCUT2D eigenvalue weighted by molar-refractivity contribution is 0.284. The molecule has 1 aromatic heterocycles. The van der Waals surface area contributed by atoms with Crippen molar-refractivity contribution in [2.24, 2.45) is 5.10 Å². The van der Waals surface area contributed by atoms with Crippen LogP contribution >= 0.6 is 15.9 Å². The zero-order valence-electron chi connectivity index (χ0n) is 19.6. The maximum Gasteiger partial charge on any atom is 0.282 e. The van der Waals surface area contributed by atoms with Crippen molar-refractivity contribution in [3.8, 4) is 11.5 Å². The summed E-state index contributed by atoms with van der Waals surface area (Å²) in [6.45, 7) is 6.47. The number of fused-ring (bicyclic) bond motifs is 1. The smallest absolute Gasteiger partial charge is 0.282 e. The Labute approximate surface area is 207 Å². The van der Waals surface area contributed by atoms with E-state index >= 15 is 0 Å². The Hall–Kier alpha value is -3.45. The van der Waals surface area contributed by atoms with Gasteiger partial charge < -0.3 is 9.47 Å². The maximum absolute atomic E-state index is 13.2. The van der Waals surface area contributed by atoms with Crippen molar-refractivity contribution in [2.75, 3.05) is 7.11 Å². The van der Waals surface area contributed by atoms with Gasteiger partial charge in [-0.1, -0.05) is 59.6 Å². The van der Waals surface area contributed by atoms with E-state index in [0.717, 1.165) is 15.6 Å². The molecule has 3 aromatic carbocycles. The third kappa shape index (κ3) is 5.20. The summed E-state index contributed by atoms with van der Waals surface area (Å²) in [6.07, 6.45) is 1.63. The summed E-state index contributed by atoms with van der Waals surface area (Å²) >= 11 is 3.43. The molecule has 34 heavy (non-hydrogen) atoms. The first-order valence-corrected chi connectivity index (χ1v) is 11.8. The minimum absolute atomic E-state index is 0.0185. The molecule has 6 nitrogen and oxygen atoms in total. The van der Waals surface area contributed by atoms with E-state index < -0.39 is 0 Å². The van der Waals surface area contributed by atoms with E-state index in [2.05, 4.69) is 45.1 Å². The Morgan fingerprint density at radius 2 is 1.82 bits per heavy atom. The lowest BCUT2D eigenvalue weighted by Gasteiger charge is -2.13. The lowest BCUT2D eigenvalue weighted by atomic mass is 10.1. The molecule has 0 atom stereocenters. The Morgan fingerprint density at radius 3 is 2.53 bits per heavy atom. The Kier molecular flexibility index (Phi) is 7.12. The second-order valence-corrected chi connectivity index (χ2v) is 9.25. The first-order chi connectivity index (χ1) is 16.4. The van der Waals surface area contributed by atoms with Crippen molar-refractivity contribution in [3.05, 3.63) is 98.0 Å². The van der Waals surface area contributed by atoms with Gasteiger partial charge in [-0.25, -0.2) is 4.98 Å². The van der Waals surface area contributed by atoms with Crippen molar-refractivity contribution in [2.45, 2.75) is 33.3 Å². The third-order valence-electron chi connectivity index (χ3n) is 5.37. The fourth-order valence-corrected chi connectivity index (χ4v) is 3.87. The van der Waals surface area contributed by atoms with E-state index in [9.17, 15) is 4.79 Å². The highest BCUT2D eigenvalue weighted by Gasteiger charge is 2.14. The average molecular weight is 520 g/mol. The molecule has 0 fully saturated rings. The molecule has 0 aliphatic heterocycles. The molecule has 0 saturated heterocycles. The van der Waals surface area contributed by atoms with Crippen LogP contribution in [-0.2, 0) is 6.61 Å². The summed E-state index contributed by atoms with van der Waals surface area (Å²) in [4.78, 5) is 17.9. The second-order valence-electron chi connectivity index (χ2n) is 8.33. The molecule has 0 amide bonds. The van der Waals surface area contributed by atoms with Crippen molar-refractivity contribution in [1.29, 1.82) is 0 Å². The topological polar surface area (TPSA) is 65.7 Å². The number of halogens is 1. The van der Waals surface area contributed by atoms with Crippen LogP contribution in [0.2, 0.25) is 0 Å². The highest BCUT2D eigenvalue weighted by Crippen LogP contribution is 2.28. The van der Waals surface area contributed by atoms with Gasteiger partial charge in [0.15, 0.2) is 11.5 Å². The zero-order valence-corrected chi connectivity index (χ0v) is 21.2. The number of methoxy groups -OCH3 is 1. The number of hydrogen-bond acceptors (Lipinski definition) is 5. The van der Waals surface area contributed by atoms with Crippen LogP contribution in [0.5, 0.6) is 11.5 Å². The molecule has 4 rings (SSSR count). The highest BCUT2D eigenvalue weighted by atomic mass is 79.9. The molecule has 7 heteroatoms. The van der Waals surface area contributed by atoms with Crippen LogP contribution in [0, 0.1) is 6.92 Å². The number of rotatable bonds is 7. The number of ether oxygens (including phenoxy) is 2. The fraction of sp³-hybridized carbons (Fsp3) is 0.222. The minimum Gasteiger partial charge on any atom is -0.493 e. The van der Waals surface area contributed by atoms with Crippen molar-refractivity contribution >= 4 is 33.0 Å². The van der Waals surface area contributed by atoms with Gasteiger partial charge in [-0.2, -0.15) is 9.78 Å². The fourth-order valence-electron chi connectivity index (χ4n) is 3.50. The van der Waals surface area contributed by atoms with Crippen LogP contribution in [0.15, 0.2) is 75.0 Å². The van der Waals surface area contributed by atoms with Crippen molar-refractivity contribution < 1.29 is 9.47 Å². The van der Waals surface area contributed by atoms with Gasteiger partial charge in [-0.05, 0) is 54.4 Å². The highest BCUT2D eigenvalue weighted by molar-refractivity contribution is 9.10. The third-order valence-corrected chi connectivity index (χ3v) is 5.87. The average Bonchev–Trinajstić information content (AvgIpc) is 2.83. The largest absolute Gasteiger partial charge is 0.493 e. The van der Waals surface area contributed by atoms with Gasteiger partial charge in [-0.15, -0.1) is 0 Å². The standard InChI is InChI=1S/C27H26BrN3O3/c1-17(2)26-30-23-11-10-21(28)14-22(23)27(32)31(26)29-15-20-9-12-24(25(13-20)33-4)34-16-19-7-5-18(3)6-8-19/h5-15,17H,16H2,1-4H3. The summed E-state index contributed by atoms with van der Waals surface area (Å²) in [7, 11) is 1.60. The summed E-state index contributed by atoms with van der Waals surface area (Å²) in [5, 5.41) is 5.00. The molecule has 0 spiro atoms. The minimum atomic E-state index is -0.212. The maximum atomic E-state index is 13.2. The van der Waals surface area contributed by atoms with Gasteiger partial charge in [0.05, 0.1) is 24.2 Å². The second kappa shape index (κ2) is 10.2. The van der Waals surface area contributed by atoms with Gasteiger partial charge in [0.2, 0.25) is 0 Å². The summed E-state index contributed by atoms with van der Waals surface area (Å²) in [6, 6.07) is 19.2. The van der Waals surface area contributed by atoms with Crippen LogP contribution in [0.3, 0.4) is 0 Å². The predicted octanol–water partition coefficient (Wildman–Crippen LogP) is 6.06. The summed E-state index contributed by atoms with van der Waals surface area (Å²) < 4.78 is 13.7. The van der Waals surface area contributed by atoms with E-state index in [1.165, 1.54) is 10.2 Å². The number of benzene rings is 3. The van der Waals surface area contributed by atoms with E-state index in [-0.39, 0.29) is 11.5 Å².